The van der Waals surface area contributed by atoms with Gasteiger partial charge in [-0.05, 0) is 49.5 Å². The van der Waals surface area contributed by atoms with Gasteiger partial charge in [0.1, 0.15) is 5.82 Å². The third kappa shape index (κ3) is 4.40. The third-order valence-electron chi connectivity index (χ3n) is 4.07. The van der Waals surface area contributed by atoms with E-state index in [1.165, 1.54) is 18.2 Å². The lowest BCUT2D eigenvalue weighted by Crippen LogP contribution is -2.45. The number of halogens is 2. The number of rotatable bonds is 4. The summed E-state index contributed by atoms with van der Waals surface area (Å²) >= 11 is 5.69. The molecule has 0 aromatic heterocycles. The smallest absolute Gasteiger partial charge is 0.238 e. The van der Waals surface area contributed by atoms with Gasteiger partial charge in [0.15, 0.2) is 0 Å². The number of carbonyl (C=O) groups is 1. The van der Waals surface area contributed by atoms with Gasteiger partial charge in [-0.2, -0.15) is 0 Å². The second-order valence-corrected chi connectivity index (χ2v) is 6.08. The van der Waals surface area contributed by atoms with Crippen molar-refractivity contribution in [2.24, 2.45) is 17.6 Å². The minimum absolute atomic E-state index is 0.00259. The van der Waals surface area contributed by atoms with Gasteiger partial charge in [0.25, 0.3) is 0 Å². The van der Waals surface area contributed by atoms with Crippen molar-refractivity contribution in [3.8, 4) is 0 Å². The first-order valence-corrected chi connectivity index (χ1v) is 7.54. The fourth-order valence-corrected chi connectivity index (χ4v) is 2.83. The van der Waals surface area contributed by atoms with Gasteiger partial charge in [0.05, 0.1) is 11.6 Å². The molecule has 2 atom stereocenters. The van der Waals surface area contributed by atoms with Crippen molar-refractivity contribution in [2.45, 2.75) is 13.3 Å². The standard InChI is InChI=1S/C15H21ClFN3O/c1-10-4-5-20(8-11(10)7-18)9-15(21)19-12-2-3-14(17)13(16)6-12/h2-3,6,10-11H,4-5,7-9,18H2,1H3,(H,19,21). The molecule has 4 nitrogen and oxygen atoms in total. The Morgan fingerprint density at radius 1 is 1.57 bits per heavy atom. The molecule has 21 heavy (non-hydrogen) atoms. The lowest BCUT2D eigenvalue weighted by molar-refractivity contribution is -0.117. The van der Waals surface area contributed by atoms with Crippen molar-refractivity contribution in [2.75, 3.05) is 31.5 Å². The number of nitrogens with zero attached hydrogens (tertiary/aromatic N) is 1. The van der Waals surface area contributed by atoms with E-state index in [4.69, 9.17) is 17.3 Å². The largest absolute Gasteiger partial charge is 0.330 e. The highest BCUT2D eigenvalue weighted by Gasteiger charge is 2.26. The topological polar surface area (TPSA) is 58.4 Å². The Labute approximate surface area is 129 Å². The predicted molar refractivity (Wildman–Crippen MR) is 82.8 cm³/mol. The number of nitrogens with one attached hydrogen (secondary N) is 1. The van der Waals surface area contributed by atoms with Gasteiger partial charge >= 0.3 is 0 Å². The summed E-state index contributed by atoms with van der Waals surface area (Å²) in [5.41, 5.74) is 6.27. The fourth-order valence-electron chi connectivity index (χ4n) is 2.65. The highest BCUT2D eigenvalue weighted by Crippen LogP contribution is 2.22. The van der Waals surface area contributed by atoms with Crippen LogP contribution in [0.15, 0.2) is 18.2 Å². The van der Waals surface area contributed by atoms with Crippen molar-refractivity contribution in [1.82, 2.24) is 4.90 Å². The number of carbonyl (C=O) groups excluding carboxylic acids is 1. The molecular formula is C15H21ClFN3O. The number of hydrogen-bond acceptors (Lipinski definition) is 3. The Hall–Kier alpha value is -1.17. The summed E-state index contributed by atoms with van der Waals surface area (Å²) in [7, 11) is 0. The average molecular weight is 314 g/mol. The zero-order valence-corrected chi connectivity index (χ0v) is 12.9. The summed E-state index contributed by atoms with van der Waals surface area (Å²) in [6.45, 7) is 4.91. The number of benzene rings is 1. The van der Waals surface area contributed by atoms with E-state index in [1.54, 1.807) is 0 Å². The van der Waals surface area contributed by atoms with E-state index in [2.05, 4.69) is 17.1 Å². The summed E-state index contributed by atoms with van der Waals surface area (Å²) in [5, 5.41) is 2.74. The number of anilines is 1. The first-order chi connectivity index (χ1) is 9.99. The molecule has 116 valence electrons. The van der Waals surface area contributed by atoms with Crippen molar-refractivity contribution in [3.63, 3.8) is 0 Å². The zero-order valence-electron chi connectivity index (χ0n) is 12.1. The van der Waals surface area contributed by atoms with Crippen LogP contribution in [0.4, 0.5) is 10.1 Å². The molecule has 2 rings (SSSR count). The predicted octanol–water partition coefficient (Wildman–Crippen LogP) is 2.33. The normalized spacial score (nSPS) is 23.0. The average Bonchev–Trinajstić information content (AvgIpc) is 2.45. The quantitative estimate of drug-likeness (QED) is 0.897. The lowest BCUT2D eigenvalue weighted by Gasteiger charge is -2.36. The molecule has 6 heteroatoms. The SMILES string of the molecule is CC1CCN(CC(=O)Nc2ccc(F)c(Cl)c2)CC1CN. The van der Waals surface area contributed by atoms with E-state index in [0.717, 1.165) is 19.5 Å². The summed E-state index contributed by atoms with van der Waals surface area (Å²) < 4.78 is 13.1. The van der Waals surface area contributed by atoms with Crippen LogP contribution >= 0.6 is 11.6 Å². The highest BCUT2D eigenvalue weighted by molar-refractivity contribution is 6.31. The number of amides is 1. The molecule has 3 N–H and O–H groups in total. The van der Waals surface area contributed by atoms with Gasteiger partial charge in [0, 0.05) is 12.2 Å². The Balaban J connectivity index is 1.88. The molecule has 0 saturated carbocycles. The number of hydrogen-bond donors (Lipinski definition) is 2. The first kappa shape index (κ1) is 16.2. The second-order valence-electron chi connectivity index (χ2n) is 5.67. The number of piperidine rings is 1. The monoisotopic (exact) mass is 313 g/mol. The summed E-state index contributed by atoms with van der Waals surface area (Å²) in [6.07, 6.45) is 1.05. The Bertz CT molecular complexity index is 512. The van der Waals surface area contributed by atoms with Crippen LogP contribution in [0.2, 0.25) is 5.02 Å². The Morgan fingerprint density at radius 3 is 3.00 bits per heavy atom. The van der Waals surface area contributed by atoms with E-state index < -0.39 is 5.82 Å². The maximum atomic E-state index is 13.1. The van der Waals surface area contributed by atoms with Crippen LogP contribution in [0.1, 0.15) is 13.3 Å². The first-order valence-electron chi connectivity index (χ1n) is 7.17. The van der Waals surface area contributed by atoms with Crippen molar-refractivity contribution >= 4 is 23.2 Å². The van der Waals surface area contributed by atoms with Crippen LogP contribution in [-0.2, 0) is 4.79 Å². The summed E-state index contributed by atoms with van der Waals surface area (Å²) in [6, 6.07) is 4.15. The lowest BCUT2D eigenvalue weighted by atomic mass is 9.87. The maximum Gasteiger partial charge on any atom is 0.238 e. The van der Waals surface area contributed by atoms with Gasteiger partial charge in [-0.3, -0.25) is 9.69 Å². The Kier molecular flexibility index (Phi) is 5.56. The van der Waals surface area contributed by atoms with E-state index in [0.29, 0.717) is 30.6 Å². The van der Waals surface area contributed by atoms with Crippen LogP contribution in [0.3, 0.4) is 0 Å². The molecule has 1 aromatic carbocycles. The van der Waals surface area contributed by atoms with Crippen LogP contribution in [0.25, 0.3) is 0 Å². The van der Waals surface area contributed by atoms with Crippen LogP contribution < -0.4 is 11.1 Å². The van der Waals surface area contributed by atoms with Gasteiger partial charge < -0.3 is 11.1 Å². The maximum absolute atomic E-state index is 13.1. The van der Waals surface area contributed by atoms with Gasteiger partial charge in [-0.15, -0.1) is 0 Å². The van der Waals surface area contributed by atoms with Crippen molar-refractivity contribution < 1.29 is 9.18 Å². The molecule has 0 radical (unpaired) electrons. The minimum Gasteiger partial charge on any atom is -0.330 e. The summed E-state index contributed by atoms with van der Waals surface area (Å²) in [4.78, 5) is 14.1. The molecule has 1 fully saturated rings. The van der Waals surface area contributed by atoms with E-state index in [-0.39, 0.29) is 10.9 Å². The fraction of sp³-hybridized carbons (Fsp3) is 0.533. The van der Waals surface area contributed by atoms with Gasteiger partial charge in [-0.25, -0.2) is 4.39 Å². The summed E-state index contributed by atoms with van der Waals surface area (Å²) in [5.74, 6) is 0.422. The van der Waals surface area contributed by atoms with Gasteiger partial charge in [0.2, 0.25) is 5.91 Å². The zero-order chi connectivity index (χ0) is 15.4. The van der Waals surface area contributed by atoms with E-state index in [1.807, 2.05) is 0 Å². The third-order valence-corrected chi connectivity index (χ3v) is 4.36. The highest BCUT2D eigenvalue weighted by atomic mass is 35.5. The molecule has 0 aliphatic carbocycles. The van der Waals surface area contributed by atoms with E-state index >= 15 is 0 Å². The number of likely N-dealkylation sites (tertiary alicyclic amines) is 1. The molecule has 1 aliphatic rings. The molecular weight excluding hydrogens is 293 g/mol. The molecule has 0 spiro atoms. The van der Waals surface area contributed by atoms with E-state index in [9.17, 15) is 9.18 Å². The molecule has 1 heterocycles. The molecule has 1 aliphatic heterocycles. The molecule has 1 amide bonds. The minimum atomic E-state index is -0.495. The molecule has 1 aromatic rings. The Morgan fingerprint density at radius 2 is 2.33 bits per heavy atom. The van der Waals surface area contributed by atoms with Crippen molar-refractivity contribution in [1.29, 1.82) is 0 Å². The van der Waals surface area contributed by atoms with Gasteiger partial charge in [-0.1, -0.05) is 18.5 Å². The van der Waals surface area contributed by atoms with Crippen molar-refractivity contribution in [3.05, 3.63) is 29.0 Å². The van der Waals surface area contributed by atoms with Crippen LogP contribution in [0.5, 0.6) is 0 Å². The van der Waals surface area contributed by atoms with Crippen LogP contribution in [-0.4, -0.2) is 37.0 Å². The number of nitrogens with two attached hydrogens (primary N) is 1. The molecule has 1 saturated heterocycles. The molecule has 0 bridgehead atoms. The van der Waals surface area contributed by atoms with Crippen LogP contribution in [0, 0.1) is 17.7 Å². The molecule has 2 unspecified atom stereocenters. The second kappa shape index (κ2) is 7.20.